The molecule has 1 atom stereocenters. The van der Waals surface area contributed by atoms with Crippen LogP contribution in [-0.4, -0.2) is 6.26 Å². The molecule has 2 nitrogen and oxygen atoms in total. The van der Waals surface area contributed by atoms with Crippen molar-refractivity contribution >= 4 is 11.8 Å². The van der Waals surface area contributed by atoms with Crippen molar-refractivity contribution in [1.82, 2.24) is 5.43 Å². The molecule has 18 heavy (non-hydrogen) atoms. The Bertz CT molecular complexity index is 397. The maximum absolute atomic E-state index is 5.76. The van der Waals surface area contributed by atoms with Crippen molar-refractivity contribution in [1.29, 1.82) is 0 Å². The molecule has 1 aromatic rings. The van der Waals surface area contributed by atoms with Gasteiger partial charge in [0.2, 0.25) is 0 Å². The highest BCUT2D eigenvalue weighted by Crippen LogP contribution is 2.29. The Morgan fingerprint density at radius 2 is 1.94 bits per heavy atom. The summed E-state index contributed by atoms with van der Waals surface area (Å²) in [6.45, 7) is 0. The topological polar surface area (TPSA) is 38.0 Å². The van der Waals surface area contributed by atoms with Gasteiger partial charge in [-0.05, 0) is 49.6 Å². The number of benzene rings is 1. The van der Waals surface area contributed by atoms with Gasteiger partial charge in [-0.25, -0.2) is 5.43 Å². The average Bonchev–Trinajstić information content (AvgIpc) is 2.70. The molecule has 0 heterocycles. The normalized spacial score (nSPS) is 18.0. The molecule has 0 saturated heterocycles. The van der Waals surface area contributed by atoms with Crippen LogP contribution in [0.2, 0.25) is 0 Å². The highest BCUT2D eigenvalue weighted by Gasteiger charge is 2.16. The van der Waals surface area contributed by atoms with Gasteiger partial charge in [0.1, 0.15) is 0 Å². The van der Waals surface area contributed by atoms with Crippen molar-refractivity contribution < 1.29 is 0 Å². The van der Waals surface area contributed by atoms with Crippen LogP contribution >= 0.6 is 11.8 Å². The van der Waals surface area contributed by atoms with Crippen LogP contribution in [0.15, 0.2) is 40.8 Å². The SMILES string of the molecule is CSc1ccc(C(NN)C2=CCCCCC2)cc1. The van der Waals surface area contributed by atoms with Crippen LogP contribution in [-0.2, 0) is 0 Å². The Morgan fingerprint density at radius 1 is 1.17 bits per heavy atom. The Morgan fingerprint density at radius 3 is 2.61 bits per heavy atom. The van der Waals surface area contributed by atoms with Crippen LogP contribution in [0.3, 0.4) is 0 Å². The minimum absolute atomic E-state index is 0.180. The fourth-order valence-electron chi connectivity index (χ4n) is 2.52. The molecule has 0 saturated carbocycles. The van der Waals surface area contributed by atoms with E-state index in [9.17, 15) is 0 Å². The molecule has 1 aromatic carbocycles. The van der Waals surface area contributed by atoms with Gasteiger partial charge in [0.15, 0.2) is 0 Å². The van der Waals surface area contributed by atoms with Gasteiger partial charge in [-0.1, -0.05) is 30.2 Å². The predicted molar refractivity (Wildman–Crippen MR) is 79.5 cm³/mol. The second kappa shape index (κ2) is 6.98. The van der Waals surface area contributed by atoms with E-state index >= 15 is 0 Å². The van der Waals surface area contributed by atoms with Gasteiger partial charge in [0.05, 0.1) is 6.04 Å². The van der Waals surface area contributed by atoms with Crippen LogP contribution in [0, 0.1) is 0 Å². The zero-order valence-corrected chi connectivity index (χ0v) is 11.8. The first kappa shape index (κ1) is 13.7. The molecular formula is C15H22N2S. The third kappa shape index (κ3) is 3.37. The molecule has 0 fully saturated rings. The smallest absolute Gasteiger partial charge is 0.0670 e. The number of nitrogens with two attached hydrogens (primary N) is 1. The summed E-state index contributed by atoms with van der Waals surface area (Å²) in [6.07, 6.45) is 10.8. The van der Waals surface area contributed by atoms with Gasteiger partial charge < -0.3 is 0 Å². The minimum Gasteiger partial charge on any atom is -0.271 e. The van der Waals surface area contributed by atoms with Crippen molar-refractivity contribution in [2.75, 3.05) is 6.26 Å². The van der Waals surface area contributed by atoms with E-state index in [4.69, 9.17) is 5.84 Å². The van der Waals surface area contributed by atoms with Crippen molar-refractivity contribution in [3.63, 3.8) is 0 Å². The van der Waals surface area contributed by atoms with Gasteiger partial charge in [0.25, 0.3) is 0 Å². The lowest BCUT2D eigenvalue weighted by molar-refractivity contribution is 0.592. The highest BCUT2D eigenvalue weighted by atomic mass is 32.2. The van der Waals surface area contributed by atoms with Crippen LogP contribution < -0.4 is 11.3 Å². The Kier molecular flexibility index (Phi) is 5.29. The molecule has 0 spiro atoms. The van der Waals surface area contributed by atoms with Crippen LogP contribution in [0.1, 0.15) is 43.7 Å². The molecule has 3 N–H and O–H groups in total. The van der Waals surface area contributed by atoms with Crippen LogP contribution in [0.4, 0.5) is 0 Å². The number of hydrazine groups is 1. The largest absolute Gasteiger partial charge is 0.271 e. The lowest BCUT2D eigenvalue weighted by Gasteiger charge is -2.20. The van der Waals surface area contributed by atoms with E-state index in [1.165, 1.54) is 48.1 Å². The van der Waals surface area contributed by atoms with E-state index in [2.05, 4.69) is 42.0 Å². The minimum atomic E-state index is 0.180. The zero-order chi connectivity index (χ0) is 12.8. The molecule has 0 radical (unpaired) electrons. The van der Waals surface area contributed by atoms with E-state index in [1.54, 1.807) is 11.8 Å². The van der Waals surface area contributed by atoms with E-state index in [0.717, 1.165) is 0 Å². The van der Waals surface area contributed by atoms with Crippen LogP contribution in [0.5, 0.6) is 0 Å². The number of rotatable bonds is 4. The fraction of sp³-hybridized carbons (Fsp3) is 0.467. The van der Waals surface area contributed by atoms with Crippen molar-refractivity contribution in [2.24, 2.45) is 5.84 Å². The van der Waals surface area contributed by atoms with Gasteiger partial charge in [-0.2, -0.15) is 0 Å². The Balaban J connectivity index is 2.18. The molecule has 1 aliphatic carbocycles. The molecule has 2 rings (SSSR count). The summed E-state index contributed by atoms with van der Waals surface area (Å²) in [5, 5.41) is 0. The lowest BCUT2D eigenvalue weighted by atomic mass is 9.96. The summed E-state index contributed by atoms with van der Waals surface area (Å²) in [7, 11) is 0. The van der Waals surface area contributed by atoms with Crippen LogP contribution in [0.25, 0.3) is 0 Å². The first-order valence-electron chi connectivity index (χ1n) is 6.64. The van der Waals surface area contributed by atoms with E-state index < -0.39 is 0 Å². The third-order valence-corrected chi connectivity index (χ3v) is 4.31. The number of thioether (sulfide) groups is 1. The third-order valence-electron chi connectivity index (χ3n) is 3.56. The molecule has 1 unspecified atom stereocenters. The molecule has 0 bridgehead atoms. The summed E-state index contributed by atoms with van der Waals surface area (Å²) < 4.78 is 0. The molecule has 98 valence electrons. The highest BCUT2D eigenvalue weighted by molar-refractivity contribution is 7.98. The molecule has 0 aromatic heterocycles. The summed E-state index contributed by atoms with van der Waals surface area (Å²) in [6, 6.07) is 8.88. The zero-order valence-electron chi connectivity index (χ0n) is 11.0. The van der Waals surface area contributed by atoms with Crippen molar-refractivity contribution in [3.8, 4) is 0 Å². The van der Waals surface area contributed by atoms with Crippen molar-refractivity contribution in [3.05, 3.63) is 41.5 Å². The molecular weight excluding hydrogens is 240 g/mol. The monoisotopic (exact) mass is 262 g/mol. The van der Waals surface area contributed by atoms with Gasteiger partial charge >= 0.3 is 0 Å². The number of allylic oxidation sites excluding steroid dienone is 1. The summed E-state index contributed by atoms with van der Waals surface area (Å²) in [4.78, 5) is 1.30. The van der Waals surface area contributed by atoms with E-state index in [-0.39, 0.29) is 6.04 Å². The standard InChI is InChI=1S/C15H22N2S/c1-18-14-10-8-13(9-11-14)15(17-16)12-6-4-2-3-5-7-12/h6,8-11,15,17H,2-5,7,16H2,1H3. The summed E-state index contributed by atoms with van der Waals surface area (Å²) in [5.41, 5.74) is 5.70. The van der Waals surface area contributed by atoms with E-state index in [0.29, 0.717) is 0 Å². The number of nitrogens with one attached hydrogen (secondary N) is 1. The van der Waals surface area contributed by atoms with Gasteiger partial charge in [0, 0.05) is 4.90 Å². The second-order valence-corrected chi connectivity index (χ2v) is 5.63. The van der Waals surface area contributed by atoms with E-state index in [1.807, 2.05) is 0 Å². The maximum Gasteiger partial charge on any atom is 0.0670 e. The predicted octanol–water partition coefficient (Wildman–Crippen LogP) is 3.80. The second-order valence-electron chi connectivity index (χ2n) is 4.75. The fourth-order valence-corrected chi connectivity index (χ4v) is 2.92. The van der Waals surface area contributed by atoms with Gasteiger partial charge in [-0.3, -0.25) is 5.84 Å². The quantitative estimate of drug-likeness (QED) is 0.375. The number of hydrogen-bond donors (Lipinski definition) is 2. The molecule has 0 aliphatic heterocycles. The summed E-state index contributed by atoms with van der Waals surface area (Å²) >= 11 is 1.77. The first-order chi connectivity index (χ1) is 8.85. The summed E-state index contributed by atoms with van der Waals surface area (Å²) in [5.74, 6) is 5.76. The number of hydrogen-bond acceptors (Lipinski definition) is 3. The molecule has 0 amide bonds. The van der Waals surface area contributed by atoms with Gasteiger partial charge in [-0.15, -0.1) is 11.8 Å². The Hall–Kier alpha value is -0.770. The first-order valence-corrected chi connectivity index (χ1v) is 7.86. The Labute approximate surface area is 114 Å². The molecule has 1 aliphatic rings. The lowest BCUT2D eigenvalue weighted by Crippen LogP contribution is -2.29. The molecule has 3 heteroatoms. The average molecular weight is 262 g/mol. The maximum atomic E-state index is 5.76. The van der Waals surface area contributed by atoms with Crippen molar-refractivity contribution in [2.45, 2.75) is 43.0 Å².